The minimum atomic E-state index is 0.449. The third-order valence-electron chi connectivity index (χ3n) is 1.18. The molecular formula is C12H33N. The molecule has 0 aliphatic heterocycles. The lowest BCUT2D eigenvalue weighted by atomic mass is 10.1. The van der Waals surface area contributed by atoms with E-state index in [1.165, 1.54) is 12.8 Å². The van der Waals surface area contributed by atoms with E-state index in [2.05, 4.69) is 13.8 Å². The highest BCUT2D eigenvalue weighted by Gasteiger charge is 1.92. The van der Waals surface area contributed by atoms with Crippen LogP contribution in [0.1, 0.15) is 74.7 Å². The molecule has 0 amide bonds. The molecule has 0 bridgehead atoms. The maximum atomic E-state index is 5.58. The van der Waals surface area contributed by atoms with Crippen molar-refractivity contribution in [3.63, 3.8) is 0 Å². The molecule has 1 heteroatoms. The Bertz CT molecular complexity index is 36.1. The number of hydrogen-bond donors (Lipinski definition) is 1. The summed E-state index contributed by atoms with van der Waals surface area (Å²) in [6.07, 6.45) is 3.51. The van der Waals surface area contributed by atoms with Crippen LogP contribution in [0.3, 0.4) is 0 Å². The van der Waals surface area contributed by atoms with Gasteiger partial charge in [-0.05, 0) is 12.8 Å². The van der Waals surface area contributed by atoms with Crippen molar-refractivity contribution >= 4 is 0 Å². The predicted octanol–water partition coefficient (Wildman–Crippen LogP) is 4.60. The minimum absolute atomic E-state index is 0.449. The summed E-state index contributed by atoms with van der Waals surface area (Å²) in [6.45, 7) is 16.3. The summed E-state index contributed by atoms with van der Waals surface area (Å²) in [7, 11) is 0. The van der Waals surface area contributed by atoms with Crippen molar-refractivity contribution in [2.75, 3.05) is 0 Å². The molecule has 13 heavy (non-hydrogen) atoms. The standard InChI is InChI=1S/C6H15N.3C2H6/c1-3-5-6(7)4-2;3*1-2/h6H,3-5,7H2,1-2H3;3*1-2H3. The lowest BCUT2D eigenvalue weighted by molar-refractivity contribution is 0.587. The second-order valence-electron chi connectivity index (χ2n) is 1.96. The van der Waals surface area contributed by atoms with Crippen molar-refractivity contribution in [1.82, 2.24) is 0 Å². The van der Waals surface area contributed by atoms with Crippen LogP contribution in [0, 0.1) is 0 Å². The molecule has 86 valence electrons. The predicted molar refractivity (Wildman–Crippen MR) is 67.2 cm³/mol. The average molecular weight is 191 g/mol. The van der Waals surface area contributed by atoms with Crippen LogP contribution in [0.15, 0.2) is 0 Å². The summed E-state index contributed by atoms with van der Waals surface area (Å²) in [5.41, 5.74) is 5.58. The van der Waals surface area contributed by atoms with E-state index in [9.17, 15) is 0 Å². The number of nitrogens with two attached hydrogens (primary N) is 1. The van der Waals surface area contributed by atoms with Crippen LogP contribution in [0.5, 0.6) is 0 Å². The monoisotopic (exact) mass is 191 g/mol. The summed E-state index contributed by atoms with van der Waals surface area (Å²) in [4.78, 5) is 0. The Kier molecular flexibility index (Phi) is 71.8. The molecular weight excluding hydrogens is 158 g/mol. The summed E-state index contributed by atoms with van der Waals surface area (Å²) >= 11 is 0. The van der Waals surface area contributed by atoms with Crippen molar-refractivity contribution in [3.8, 4) is 0 Å². The molecule has 1 nitrogen and oxygen atoms in total. The Morgan fingerprint density at radius 2 is 1.15 bits per heavy atom. The van der Waals surface area contributed by atoms with Gasteiger partial charge in [-0.3, -0.25) is 0 Å². The summed E-state index contributed by atoms with van der Waals surface area (Å²) in [6, 6.07) is 0.449. The first kappa shape index (κ1) is 23.1. The molecule has 0 aliphatic rings. The zero-order valence-corrected chi connectivity index (χ0v) is 11.3. The highest BCUT2D eigenvalue weighted by molar-refractivity contribution is 4.54. The van der Waals surface area contributed by atoms with Gasteiger partial charge in [0.2, 0.25) is 0 Å². The molecule has 0 radical (unpaired) electrons. The number of hydrogen-bond acceptors (Lipinski definition) is 1. The van der Waals surface area contributed by atoms with E-state index in [4.69, 9.17) is 5.73 Å². The SMILES string of the molecule is CC.CC.CC.CCCC(N)CC. The highest BCUT2D eigenvalue weighted by Crippen LogP contribution is 1.95. The lowest BCUT2D eigenvalue weighted by Crippen LogP contribution is -2.17. The van der Waals surface area contributed by atoms with Crippen molar-refractivity contribution < 1.29 is 0 Å². The molecule has 0 heterocycles. The smallest absolute Gasteiger partial charge is 0.00361 e. The first-order chi connectivity index (χ1) is 6.31. The van der Waals surface area contributed by atoms with E-state index in [1.54, 1.807) is 0 Å². The zero-order chi connectivity index (χ0) is 11.7. The molecule has 1 atom stereocenters. The Morgan fingerprint density at radius 3 is 1.23 bits per heavy atom. The van der Waals surface area contributed by atoms with Gasteiger partial charge in [0.15, 0.2) is 0 Å². The second-order valence-corrected chi connectivity index (χ2v) is 1.96. The molecule has 0 fully saturated rings. The van der Waals surface area contributed by atoms with E-state index in [0.29, 0.717) is 6.04 Å². The van der Waals surface area contributed by atoms with Crippen LogP contribution in [0.25, 0.3) is 0 Å². The van der Waals surface area contributed by atoms with Gasteiger partial charge in [-0.25, -0.2) is 0 Å². The fourth-order valence-electron chi connectivity index (χ4n) is 0.575. The van der Waals surface area contributed by atoms with E-state index in [0.717, 1.165) is 6.42 Å². The van der Waals surface area contributed by atoms with E-state index < -0.39 is 0 Å². The van der Waals surface area contributed by atoms with Crippen LogP contribution in [0.4, 0.5) is 0 Å². The second kappa shape index (κ2) is 40.4. The fourth-order valence-corrected chi connectivity index (χ4v) is 0.575. The Balaban J connectivity index is -0.0000000573. The van der Waals surface area contributed by atoms with Crippen molar-refractivity contribution in [3.05, 3.63) is 0 Å². The fraction of sp³-hybridized carbons (Fsp3) is 1.00. The summed E-state index contributed by atoms with van der Waals surface area (Å²) < 4.78 is 0. The molecule has 0 rings (SSSR count). The summed E-state index contributed by atoms with van der Waals surface area (Å²) in [5.74, 6) is 0. The molecule has 0 aliphatic carbocycles. The number of rotatable bonds is 3. The Morgan fingerprint density at radius 1 is 0.846 bits per heavy atom. The van der Waals surface area contributed by atoms with E-state index in [-0.39, 0.29) is 0 Å². The van der Waals surface area contributed by atoms with Crippen molar-refractivity contribution in [2.45, 2.75) is 80.7 Å². The van der Waals surface area contributed by atoms with Crippen LogP contribution in [0.2, 0.25) is 0 Å². The summed E-state index contributed by atoms with van der Waals surface area (Å²) in [5, 5.41) is 0. The molecule has 0 aromatic rings. The quantitative estimate of drug-likeness (QED) is 0.693. The highest BCUT2D eigenvalue weighted by atomic mass is 14.6. The van der Waals surface area contributed by atoms with Crippen molar-refractivity contribution in [1.29, 1.82) is 0 Å². The maximum Gasteiger partial charge on any atom is 0.00361 e. The molecule has 2 N–H and O–H groups in total. The van der Waals surface area contributed by atoms with Gasteiger partial charge < -0.3 is 5.73 Å². The molecule has 0 saturated carbocycles. The topological polar surface area (TPSA) is 26.0 Å². The van der Waals surface area contributed by atoms with Gasteiger partial charge in [0.05, 0.1) is 0 Å². The van der Waals surface area contributed by atoms with Gasteiger partial charge >= 0.3 is 0 Å². The van der Waals surface area contributed by atoms with Gasteiger partial charge in [0, 0.05) is 6.04 Å². The first-order valence-electron chi connectivity index (χ1n) is 6.06. The van der Waals surface area contributed by atoms with Crippen molar-refractivity contribution in [2.24, 2.45) is 5.73 Å². The van der Waals surface area contributed by atoms with Crippen LogP contribution < -0.4 is 5.73 Å². The average Bonchev–Trinajstić information content (AvgIpc) is 2.27. The van der Waals surface area contributed by atoms with E-state index in [1.807, 2.05) is 41.5 Å². The van der Waals surface area contributed by atoms with E-state index >= 15 is 0 Å². The molecule has 0 aromatic carbocycles. The Labute approximate surface area is 87.1 Å². The molecule has 0 aromatic heterocycles. The molecule has 1 unspecified atom stereocenters. The van der Waals surface area contributed by atoms with Crippen LogP contribution in [-0.2, 0) is 0 Å². The van der Waals surface area contributed by atoms with Gasteiger partial charge in [0.25, 0.3) is 0 Å². The molecule has 0 saturated heterocycles. The third kappa shape index (κ3) is 48.2. The molecule has 0 spiro atoms. The van der Waals surface area contributed by atoms with Gasteiger partial charge in [-0.15, -0.1) is 0 Å². The van der Waals surface area contributed by atoms with Crippen LogP contribution in [-0.4, -0.2) is 6.04 Å². The van der Waals surface area contributed by atoms with Gasteiger partial charge in [0.1, 0.15) is 0 Å². The lowest BCUT2D eigenvalue weighted by Gasteiger charge is -2.03. The third-order valence-corrected chi connectivity index (χ3v) is 1.18. The minimum Gasteiger partial charge on any atom is -0.328 e. The maximum absolute atomic E-state index is 5.58. The van der Waals surface area contributed by atoms with Gasteiger partial charge in [-0.1, -0.05) is 61.8 Å². The van der Waals surface area contributed by atoms with Gasteiger partial charge in [-0.2, -0.15) is 0 Å². The Hall–Kier alpha value is -0.0400. The van der Waals surface area contributed by atoms with Crippen LogP contribution >= 0.6 is 0 Å². The largest absolute Gasteiger partial charge is 0.328 e. The zero-order valence-electron chi connectivity index (χ0n) is 11.3. The normalized spacial score (nSPS) is 9.00. The first-order valence-corrected chi connectivity index (χ1v) is 6.06.